The van der Waals surface area contributed by atoms with Crippen LogP contribution >= 0.6 is 15.9 Å². The zero-order valence-electron chi connectivity index (χ0n) is 7.17. The first-order chi connectivity index (χ1) is 6.65. The summed E-state index contributed by atoms with van der Waals surface area (Å²) in [6.45, 7) is -0.781. The van der Waals surface area contributed by atoms with Gasteiger partial charge in [0, 0.05) is 4.47 Å². The van der Waals surface area contributed by atoms with Gasteiger partial charge in [-0.15, -0.1) is 0 Å². The summed E-state index contributed by atoms with van der Waals surface area (Å²) in [4.78, 5) is 10.7. The minimum absolute atomic E-state index is 0.0211. The van der Waals surface area contributed by atoms with Crippen molar-refractivity contribution in [2.75, 3.05) is 13.3 Å². The van der Waals surface area contributed by atoms with E-state index in [0.717, 1.165) is 0 Å². The first kappa shape index (κ1) is 11.0. The number of carboxylic acids is 1. The SMILES string of the molecule is O=C(O)c1cc(Br)ccc1OCCF. The van der Waals surface area contributed by atoms with Crippen molar-refractivity contribution in [2.24, 2.45) is 0 Å². The van der Waals surface area contributed by atoms with Crippen LogP contribution in [0.2, 0.25) is 0 Å². The lowest BCUT2D eigenvalue weighted by atomic mass is 10.2. The zero-order valence-corrected chi connectivity index (χ0v) is 8.75. The van der Waals surface area contributed by atoms with Gasteiger partial charge in [-0.05, 0) is 18.2 Å². The molecule has 0 spiro atoms. The molecule has 14 heavy (non-hydrogen) atoms. The molecule has 3 nitrogen and oxygen atoms in total. The number of hydrogen-bond acceptors (Lipinski definition) is 2. The van der Waals surface area contributed by atoms with E-state index in [1.54, 1.807) is 6.07 Å². The maximum absolute atomic E-state index is 11.8. The number of rotatable bonds is 4. The maximum Gasteiger partial charge on any atom is 0.339 e. The highest BCUT2D eigenvalue weighted by atomic mass is 79.9. The van der Waals surface area contributed by atoms with Crippen molar-refractivity contribution in [3.8, 4) is 5.75 Å². The predicted octanol–water partition coefficient (Wildman–Crippen LogP) is 2.50. The van der Waals surface area contributed by atoms with Gasteiger partial charge in [-0.25, -0.2) is 9.18 Å². The average molecular weight is 263 g/mol. The van der Waals surface area contributed by atoms with E-state index >= 15 is 0 Å². The molecule has 0 aliphatic heterocycles. The highest BCUT2D eigenvalue weighted by Gasteiger charge is 2.11. The van der Waals surface area contributed by atoms with Gasteiger partial charge in [0.25, 0.3) is 0 Å². The fourth-order valence-electron chi connectivity index (χ4n) is 0.944. The lowest BCUT2D eigenvalue weighted by Gasteiger charge is -2.07. The number of benzene rings is 1. The Morgan fingerprint density at radius 2 is 2.29 bits per heavy atom. The molecule has 0 saturated carbocycles. The lowest BCUT2D eigenvalue weighted by molar-refractivity contribution is 0.0691. The van der Waals surface area contributed by atoms with E-state index in [1.807, 2.05) is 0 Å². The summed E-state index contributed by atoms with van der Waals surface area (Å²) < 4.78 is 17.4. The summed E-state index contributed by atoms with van der Waals surface area (Å²) in [6, 6.07) is 4.54. The number of ether oxygens (including phenoxy) is 1. The van der Waals surface area contributed by atoms with Gasteiger partial charge in [0.1, 0.15) is 24.6 Å². The Hall–Kier alpha value is -1.10. The minimum Gasteiger partial charge on any atom is -0.490 e. The van der Waals surface area contributed by atoms with Crippen molar-refractivity contribution in [1.29, 1.82) is 0 Å². The molecule has 76 valence electrons. The molecule has 0 atom stereocenters. The van der Waals surface area contributed by atoms with Crippen LogP contribution < -0.4 is 4.74 Å². The molecular formula is C9H8BrFO3. The van der Waals surface area contributed by atoms with E-state index in [0.29, 0.717) is 4.47 Å². The quantitative estimate of drug-likeness (QED) is 0.907. The van der Waals surface area contributed by atoms with Crippen molar-refractivity contribution in [2.45, 2.75) is 0 Å². The van der Waals surface area contributed by atoms with Gasteiger partial charge < -0.3 is 9.84 Å². The van der Waals surface area contributed by atoms with Crippen LogP contribution in [0.25, 0.3) is 0 Å². The molecule has 5 heteroatoms. The van der Waals surface area contributed by atoms with E-state index in [9.17, 15) is 9.18 Å². The van der Waals surface area contributed by atoms with Gasteiger partial charge in [-0.2, -0.15) is 0 Å². The smallest absolute Gasteiger partial charge is 0.339 e. The summed E-state index contributed by atoms with van der Waals surface area (Å²) in [5.74, 6) is -0.918. The Morgan fingerprint density at radius 1 is 1.57 bits per heavy atom. The maximum atomic E-state index is 11.8. The van der Waals surface area contributed by atoms with Gasteiger partial charge in [0.05, 0.1) is 0 Å². The molecule has 1 aromatic carbocycles. The highest BCUT2D eigenvalue weighted by Crippen LogP contribution is 2.23. The number of alkyl halides is 1. The van der Waals surface area contributed by atoms with Gasteiger partial charge in [-0.1, -0.05) is 15.9 Å². The van der Waals surface area contributed by atoms with Crippen LogP contribution in [0.15, 0.2) is 22.7 Å². The number of halogens is 2. The fourth-order valence-corrected chi connectivity index (χ4v) is 1.30. The third kappa shape index (κ3) is 2.70. The molecule has 0 amide bonds. The van der Waals surface area contributed by atoms with Crippen LogP contribution in [0.4, 0.5) is 4.39 Å². The standard InChI is InChI=1S/C9H8BrFO3/c10-6-1-2-8(14-4-3-11)7(5-6)9(12)13/h1-2,5H,3-4H2,(H,12,13). The molecule has 0 saturated heterocycles. The summed E-state index contributed by atoms with van der Waals surface area (Å²) in [5, 5.41) is 8.79. The van der Waals surface area contributed by atoms with Crippen molar-refractivity contribution < 1.29 is 19.0 Å². The molecule has 0 unspecified atom stereocenters. The van der Waals surface area contributed by atoms with Crippen molar-refractivity contribution in [3.05, 3.63) is 28.2 Å². The number of hydrogen-bond donors (Lipinski definition) is 1. The van der Waals surface area contributed by atoms with E-state index < -0.39 is 12.6 Å². The molecule has 1 N–H and O–H groups in total. The second-order valence-electron chi connectivity index (χ2n) is 2.48. The van der Waals surface area contributed by atoms with Gasteiger partial charge in [0.15, 0.2) is 0 Å². The molecule has 1 rings (SSSR count). The summed E-state index contributed by atoms with van der Waals surface area (Å²) in [5.41, 5.74) is 0.0211. The van der Waals surface area contributed by atoms with Crippen LogP contribution in [0.5, 0.6) is 5.75 Å². The average Bonchev–Trinajstić information content (AvgIpc) is 2.15. The van der Waals surface area contributed by atoms with Crippen LogP contribution in [-0.4, -0.2) is 24.4 Å². The molecule has 0 heterocycles. The van der Waals surface area contributed by atoms with Crippen LogP contribution in [-0.2, 0) is 0 Å². The first-order valence-corrected chi connectivity index (χ1v) is 4.66. The topological polar surface area (TPSA) is 46.5 Å². The van der Waals surface area contributed by atoms with E-state index in [4.69, 9.17) is 9.84 Å². The van der Waals surface area contributed by atoms with Crippen LogP contribution in [0.1, 0.15) is 10.4 Å². The Labute approximate surface area is 88.6 Å². The molecule has 0 aliphatic carbocycles. The first-order valence-electron chi connectivity index (χ1n) is 3.86. The molecule has 0 fully saturated rings. The number of aromatic carboxylic acids is 1. The van der Waals surface area contributed by atoms with Crippen LogP contribution in [0, 0.1) is 0 Å². The predicted molar refractivity (Wildman–Crippen MR) is 52.6 cm³/mol. The van der Waals surface area contributed by atoms with Crippen molar-refractivity contribution >= 4 is 21.9 Å². The Balaban J connectivity index is 2.96. The third-order valence-corrected chi connectivity index (χ3v) is 2.00. The second kappa shape index (κ2) is 4.95. The molecule has 1 aromatic rings. The Bertz CT molecular complexity index is 341. The second-order valence-corrected chi connectivity index (χ2v) is 3.40. The van der Waals surface area contributed by atoms with Gasteiger partial charge >= 0.3 is 5.97 Å². The number of carboxylic acid groups (broad SMARTS) is 1. The fraction of sp³-hybridized carbons (Fsp3) is 0.222. The largest absolute Gasteiger partial charge is 0.490 e. The van der Waals surface area contributed by atoms with Crippen molar-refractivity contribution in [3.63, 3.8) is 0 Å². The van der Waals surface area contributed by atoms with E-state index in [2.05, 4.69) is 15.9 Å². The molecule has 0 radical (unpaired) electrons. The molecule has 0 aliphatic rings. The molecule has 0 aromatic heterocycles. The minimum atomic E-state index is -1.10. The zero-order chi connectivity index (χ0) is 10.6. The Kier molecular flexibility index (Phi) is 3.88. The van der Waals surface area contributed by atoms with Crippen molar-refractivity contribution in [1.82, 2.24) is 0 Å². The lowest BCUT2D eigenvalue weighted by Crippen LogP contribution is -2.05. The van der Waals surface area contributed by atoms with E-state index in [-0.39, 0.29) is 17.9 Å². The van der Waals surface area contributed by atoms with Gasteiger partial charge in [-0.3, -0.25) is 0 Å². The highest BCUT2D eigenvalue weighted by molar-refractivity contribution is 9.10. The Morgan fingerprint density at radius 3 is 2.86 bits per heavy atom. The molecular weight excluding hydrogens is 255 g/mol. The van der Waals surface area contributed by atoms with Crippen LogP contribution in [0.3, 0.4) is 0 Å². The summed E-state index contributed by atoms with van der Waals surface area (Å²) >= 11 is 3.14. The normalized spacial score (nSPS) is 9.86. The summed E-state index contributed by atoms with van der Waals surface area (Å²) in [6.07, 6.45) is 0. The monoisotopic (exact) mass is 262 g/mol. The number of carbonyl (C=O) groups is 1. The molecule has 0 bridgehead atoms. The third-order valence-electron chi connectivity index (χ3n) is 1.51. The van der Waals surface area contributed by atoms with E-state index in [1.165, 1.54) is 12.1 Å². The summed E-state index contributed by atoms with van der Waals surface area (Å²) in [7, 11) is 0. The van der Waals surface area contributed by atoms with Gasteiger partial charge in [0.2, 0.25) is 0 Å².